The molecule has 1 nitrogen and oxygen atoms in total. The minimum absolute atomic E-state index is 0.374. The van der Waals surface area contributed by atoms with E-state index < -0.39 is 0 Å². The first-order valence-corrected chi connectivity index (χ1v) is 6.55. The molecule has 0 saturated carbocycles. The molecule has 0 aromatic rings. The number of carbonyl (C=O) groups excluding carboxylic acids is 1. The highest BCUT2D eigenvalue weighted by Crippen LogP contribution is 2.02. The Bertz CT molecular complexity index is 74.8. The summed E-state index contributed by atoms with van der Waals surface area (Å²) in [5.74, 6) is 0. The Hall–Kier alpha value is 0.237. The molecule has 48 valence electrons. The molecule has 0 aliphatic heterocycles. The van der Waals surface area contributed by atoms with Gasteiger partial charge in [0.1, 0.15) is 0 Å². The van der Waals surface area contributed by atoms with Crippen molar-refractivity contribution in [1.29, 1.82) is 0 Å². The fourth-order valence-electron chi connectivity index (χ4n) is 0.423. The van der Waals surface area contributed by atoms with E-state index >= 15 is 0 Å². The van der Waals surface area contributed by atoms with Crippen LogP contribution in [0.5, 0.6) is 0 Å². The van der Waals surface area contributed by atoms with Crippen molar-refractivity contribution in [3.63, 3.8) is 0 Å². The van der Waals surface area contributed by atoms with E-state index in [0.717, 1.165) is 28.7 Å². The Kier molecular flexibility index (Phi) is 5.53. The van der Waals surface area contributed by atoms with Gasteiger partial charge in [-0.05, 0) is 6.42 Å². The van der Waals surface area contributed by atoms with Crippen molar-refractivity contribution in [1.82, 2.24) is 0 Å². The van der Waals surface area contributed by atoms with E-state index in [0.29, 0.717) is 5.12 Å². The van der Waals surface area contributed by atoms with Crippen molar-refractivity contribution in [2.75, 3.05) is 0 Å². The molecule has 0 fully saturated rings. The smallest absolute Gasteiger partial charge is 0.182 e. The van der Waals surface area contributed by atoms with Gasteiger partial charge in [0.05, 0.1) is 9.39 Å². The van der Waals surface area contributed by atoms with Gasteiger partial charge in [0, 0.05) is 6.42 Å². The third-order valence-corrected chi connectivity index (χ3v) is 2.99. The normalized spacial score (nSPS) is 9.62. The molecule has 0 saturated heterocycles. The molecule has 0 N–H and O–H groups in total. The van der Waals surface area contributed by atoms with E-state index in [1.54, 1.807) is 0 Å². The third kappa shape index (κ3) is 4.40. The van der Waals surface area contributed by atoms with Gasteiger partial charge in [0.25, 0.3) is 0 Å². The first-order chi connectivity index (χ1) is 3.81. The summed E-state index contributed by atoms with van der Waals surface area (Å²) in [5, 5.41) is 0.374. The molecule has 0 aromatic heterocycles. The van der Waals surface area contributed by atoms with E-state index in [2.05, 4.69) is 6.92 Å². The van der Waals surface area contributed by atoms with Crippen molar-refractivity contribution in [3.8, 4) is 0 Å². The lowest BCUT2D eigenvalue weighted by Gasteiger charge is -1.90. The maximum atomic E-state index is 10.6. The third-order valence-electron chi connectivity index (χ3n) is 0.962. The van der Waals surface area contributed by atoms with Crippen LogP contribution in [-0.2, 0) is 4.79 Å². The second-order valence-electron chi connectivity index (χ2n) is 1.68. The van der Waals surface area contributed by atoms with Gasteiger partial charge >= 0.3 is 0 Å². The summed E-state index contributed by atoms with van der Waals surface area (Å²) >= 11 is 1.46. The van der Waals surface area contributed by atoms with Crippen LogP contribution in [0.15, 0.2) is 0 Å². The minimum atomic E-state index is 0.374. The molecule has 0 radical (unpaired) electrons. The van der Waals surface area contributed by atoms with Crippen LogP contribution >= 0.6 is 11.2 Å². The Balaban J connectivity index is 2.99. The molecule has 0 atom stereocenters. The summed E-state index contributed by atoms with van der Waals surface area (Å²) in [6.07, 6.45) is 2.98. The van der Waals surface area contributed by atoms with Gasteiger partial charge in [-0.25, -0.2) is 0 Å². The van der Waals surface area contributed by atoms with Gasteiger partial charge in [-0.3, -0.25) is 4.79 Å². The van der Waals surface area contributed by atoms with Gasteiger partial charge in [-0.2, -0.15) is 0 Å². The molecule has 0 aromatic carbocycles. The second-order valence-corrected chi connectivity index (χ2v) is 3.77. The maximum Gasteiger partial charge on any atom is 0.182 e. The highest BCUT2D eigenvalue weighted by atomic mass is 32.4. The monoisotopic (exact) mass is 148 g/mol. The molecule has 3 heteroatoms. The number of hydrogen-bond acceptors (Lipinski definition) is 2. The fraction of sp³-hybridized carbons (Fsp3) is 0.800. The van der Waals surface area contributed by atoms with Crippen molar-refractivity contribution in [3.05, 3.63) is 0 Å². The van der Waals surface area contributed by atoms with Gasteiger partial charge in [0.2, 0.25) is 0 Å². The number of unbranched alkanes of at least 4 members (excludes halogenated alkanes) is 1. The second kappa shape index (κ2) is 5.38. The van der Waals surface area contributed by atoms with Gasteiger partial charge in [0.15, 0.2) is 5.12 Å². The summed E-state index contributed by atoms with van der Waals surface area (Å²) in [6.45, 7) is 2.10. The molecule has 0 aliphatic carbocycles. The Morgan fingerprint density at radius 1 is 1.75 bits per heavy atom. The van der Waals surface area contributed by atoms with Crippen LogP contribution in [0.2, 0.25) is 0 Å². The number of rotatable bonds is 3. The van der Waals surface area contributed by atoms with Crippen LogP contribution in [0, 0.1) is 0 Å². The van der Waals surface area contributed by atoms with E-state index in [1.165, 1.54) is 11.2 Å². The van der Waals surface area contributed by atoms with Crippen LogP contribution in [-0.4, -0.2) is 14.5 Å². The number of carbonyl (C=O) groups is 1. The SMILES string of the molecule is CCCCC(=O)S[SiH3]. The zero-order chi connectivity index (χ0) is 6.41. The molecule has 8 heavy (non-hydrogen) atoms. The van der Waals surface area contributed by atoms with E-state index in [-0.39, 0.29) is 0 Å². The van der Waals surface area contributed by atoms with E-state index in [9.17, 15) is 4.79 Å². The van der Waals surface area contributed by atoms with Crippen LogP contribution in [0.1, 0.15) is 26.2 Å². The zero-order valence-electron chi connectivity index (χ0n) is 5.44. The van der Waals surface area contributed by atoms with Gasteiger partial charge in [-0.1, -0.05) is 13.3 Å². The van der Waals surface area contributed by atoms with Gasteiger partial charge in [-0.15, -0.1) is 11.2 Å². The predicted octanol–water partition coefficient (Wildman–Crippen LogP) is 0.717. The fourth-order valence-corrected chi connectivity index (χ4v) is 1.38. The largest absolute Gasteiger partial charge is 0.288 e. The Labute approximate surface area is 57.3 Å². The van der Waals surface area contributed by atoms with Crippen LogP contribution in [0.3, 0.4) is 0 Å². The van der Waals surface area contributed by atoms with E-state index in [1.807, 2.05) is 0 Å². The average molecular weight is 148 g/mol. The summed E-state index contributed by atoms with van der Waals surface area (Å²) in [6, 6.07) is 0. The van der Waals surface area contributed by atoms with Gasteiger partial charge < -0.3 is 0 Å². The molecule has 0 spiro atoms. The lowest BCUT2D eigenvalue weighted by atomic mass is 10.3. The standard InChI is InChI=1S/C5H12OSSi/c1-2-3-4-5(6)7-8/h2-4H2,1,8H3. The molecule has 0 rings (SSSR count). The van der Waals surface area contributed by atoms with Crippen LogP contribution in [0.4, 0.5) is 0 Å². The molecule has 0 heterocycles. The molecular weight excluding hydrogens is 136 g/mol. The molecule has 0 unspecified atom stereocenters. The summed E-state index contributed by atoms with van der Waals surface area (Å²) in [7, 11) is 0.957. The molecule has 0 aliphatic rings. The Morgan fingerprint density at radius 2 is 2.38 bits per heavy atom. The highest BCUT2D eigenvalue weighted by Gasteiger charge is 1.94. The minimum Gasteiger partial charge on any atom is -0.288 e. The summed E-state index contributed by atoms with van der Waals surface area (Å²) < 4.78 is 0. The first-order valence-electron chi connectivity index (χ1n) is 2.88. The average Bonchev–Trinajstić information content (AvgIpc) is 1.83. The first kappa shape index (κ1) is 8.24. The molecule has 0 amide bonds. The highest BCUT2D eigenvalue weighted by molar-refractivity contribution is 8.31. The lowest BCUT2D eigenvalue weighted by molar-refractivity contribution is -0.110. The number of hydrogen-bond donors (Lipinski definition) is 0. The van der Waals surface area contributed by atoms with Crippen molar-refractivity contribution in [2.45, 2.75) is 26.2 Å². The molecular formula is C5H12OSSi. The Morgan fingerprint density at radius 3 is 2.75 bits per heavy atom. The maximum absolute atomic E-state index is 10.6. The lowest BCUT2D eigenvalue weighted by Crippen LogP contribution is -1.88. The van der Waals surface area contributed by atoms with E-state index in [4.69, 9.17) is 0 Å². The zero-order valence-corrected chi connectivity index (χ0v) is 8.25. The van der Waals surface area contributed by atoms with Crippen molar-refractivity contribution < 1.29 is 4.79 Å². The predicted molar refractivity (Wildman–Crippen MR) is 42.1 cm³/mol. The van der Waals surface area contributed by atoms with Crippen LogP contribution in [0.25, 0.3) is 0 Å². The molecule has 0 bridgehead atoms. The topological polar surface area (TPSA) is 17.1 Å². The quantitative estimate of drug-likeness (QED) is 0.549. The van der Waals surface area contributed by atoms with Crippen molar-refractivity contribution in [2.24, 2.45) is 0 Å². The summed E-state index contributed by atoms with van der Waals surface area (Å²) in [4.78, 5) is 10.6. The van der Waals surface area contributed by atoms with Crippen LogP contribution < -0.4 is 0 Å². The van der Waals surface area contributed by atoms with Crippen molar-refractivity contribution >= 4 is 25.7 Å². The summed E-state index contributed by atoms with van der Waals surface area (Å²) in [5.41, 5.74) is 0.